The van der Waals surface area contributed by atoms with Crippen molar-refractivity contribution in [3.63, 3.8) is 0 Å². The zero-order chi connectivity index (χ0) is 24.5. The van der Waals surface area contributed by atoms with Gasteiger partial charge in [0.2, 0.25) is 11.8 Å². The fourth-order valence-electron chi connectivity index (χ4n) is 4.38. The predicted molar refractivity (Wildman–Crippen MR) is 125 cm³/mol. The fraction of sp³-hybridized carbons (Fsp3) is 0.250. The summed E-state index contributed by atoms with van der Waals surface area (Å²) in [6.45, 7) is 1.05. The van der Waals surface area contributed by atoms with Crippen molar-refractivity contribution in [1.82, 2.24) is 30.5 Å². The lowest BCUT2D eigenvalue weighted by Gasteiger charge is -2.29. The van der Waals surface area contributed by atoms with Gasteiger partial charge in [-0.1, -0.05) is 18.2 Å². The van der Waals surface area contributed by atoms with Crippen LogP contribution in [0.5, 0.6) is 0 Å². The lowest BCUT2D eigenvalue weighted by atomic mass is 10.0. The zero-order valence-electron chi connectivity index (χ0n) is 18.9. The average Bonchev–Trinajstić information content (AvgIpc) is 3.44. The van der Waals surface area contributed by atoms with Gasteiger partial charge in [-0.3, -0.25) is 29.9 Å². The standard InChI is InChI=1S/C24H23N7O4/c1-30-25-11-19(29-30)14-3-2-4-18(10-14)26-24(35)28-22(33)15-5-6-16-12-31(13-17(16)9-15)20-7-8-21(32)27-23(20)34/h2-6,9-11,20H,7-8,12-13H2,1H3,(H,27,32,34)(H2,26,28,33,35). The molecule has 1 unspecified atom stereocenters. The lowest BCUT2D eigenvalue weighted by Crippen LogP contribution is -2.50. The molecule has 5 amide bonds. The monoisotopic (exact) mass is 473 g/mol. The number of carbonyl (C=O) groups excluding carboxylic acids is 4. The van der Waals surface area contributed by atoms with Crippen LogP contribution >= 0.6 is 0 Å². The topological polar surface area (TPSA) is 138 Å². The van der Waals surface area contributed by atoms with Gasteiger partial charge in [0.05, 0.1) is 12.2 Å². The summed E-state index contributed by atoms with van der Waals surface area (Å²) in [6, 6.07) is 11.3. The van der Waals surface area contributed by atoms with Crippen LogP contribution < -0.4 is 16.0 Å². The number of nitrogens with zero attached hydrogens (tertiary/aromatic N) is 4. The van der Waals surface area contributed by atoms with Crippen molar-refractivity contribution >= 4 is 29.4 Å². The van der Waals surface area contributed by atoms with E-state index in [0.29, 0.717) is 42.9 Å². The van der Waals surface area contributed by atoms with Crippen molar-refractivity contribution in [2.24, 2.45) is 7.05 Å². The Morgan fingerprint density at radius 3 is 2.69 bits per heavy atom. The molecule has 0 bridgehead atoms. The highest BCUT2D eigenvalue weighted by Crippen LogP contribution is 2.28. The highest BCUT2D eigenvalue weighted by molar-refractivity contribution is 6.08. The third kappa shape index (κ3) is 4.80. The number of carbonyl (C=O) groups is 4. The summed E-state index contributed by atoms with van der Waals surface area (Å²) < 4.78 is 0. The molecular weight excluding hydrogens is 450 g/mol. The molecule has 2 aliphatic rings. The maximum atomic E-state index is 12.7. The highest BCUT2D eigenvalue weighted by Gasteiger charge is 2.34. The number of benzene rings is 2. The average molecular weight is 473 g/mol. The summed E-state index contributed by atoms with van der Waals surface area (Å²) in [6.07, 6.45) is 2.41. The molecule has 1 fully saturated rings. The molecule has 2 aliphatic heterocycles. The van der Waals surface area contributed by atoms with Crippen LogP contribution in [0.3, 0.4) is 0 Å². The minimum atomic E-state index is -0.656. The molecule has 5 rings (SSSR count). The summed E-state index contributed by atoms with van der Waals surface area (Å²) in [7, 11) is 1.72. The minimum absolute atomic E-state index is 0.249. The number of urea groups is 1. The van der Waals surface area contributed by atoms with Gasteiger partial charge >= 0.3 is 6.03 Å². The zero-order valence-corrected chi connectivity index (χ0v) is 18.9. The van der Waals surface area contributed by atoms with E-state index >= 15 is 0 Å². The molecule has 0 aliphatic carbocycles. The van der Waals surface area contributed by atoms with Crippen molar-refractivity contribution in [2.75, 3.05) is 5.32 Å². The molecule has 0 saturated carbocycles. The van der Waals surface area contributed by atoms with E-state index in [1.807, 2.05) is 17.0 Å². The van der Waals surface area contributed by atoms with Crippen LogP contribution in [-0.2, 0) is 29.7 Å². The van der Waals surface area contributed by atoms with Gasteiger partial charge in [0.25, 0.3) is 5.91 Å². The SMILES string of the molecule is Cn1ncc(-c2cccc(NC(=O)NC(=O)c3ccc4c(c3)CN(C3CCC(=O)NC3=O)C4)c2)n1. The van der Waals surface area contributed by atoms with Gasteiger partial charge in [-0.25, -0.2) is 4.79 Å². The van der Waals surface area contributed by atoms with Crippen molar-refractivity contribution in [3.8, 4) is 11.3 Å². The second-order valence-electron chi connectivity index (χ2n) is 8.56. The first kappa shape index (κ1) is 22.4. The molecule has 0 spiro atoms. The molecular formula is C24H23N7O4. The smallest absolute Gasteiger partial charge is 0.308 e. The number of fused-ring (bicyclic) bond motifs is 1. The van der Waals surface area contributed by atoms with Crippen LogP contribution in [0.25, 0.3) is 11.3 Å². The Hall–Kier alpha value is -4.38. The van der Waals surface area contributed by atoms with Crippen molar-refractivity contribution in [3.05, 3.63) is 65.4 Å². The largest absolute Gasteiger partial charge is 0.326 e. The van der Waals surface area contributed by atoms with Crippen LogP contribution in [0.15, 0.2) is 48.7 Å². The van der Waals surface area contributed by atoms with Crippen molar-refractivity contribution in [2.45, 2.75) is 32.0 Å². The van der Waals surface area contributed by atoms with E-state index in [2.05, 4.69) is 26.1 Å². The number of hydrogen-bond donors (Lipinski definition) is 3. The lowest BCUT2D eigenvalue weighted by molar-refractivity contribution is -0.137. The van der Waals surface area contributed by atoms with Crippen LogP contribution in [0, 0.1) is 0 Å². The number of hydrogen-bond acceptors (Lipinski definition) is 7. The summed E-state index contributed by atoms with van der Waals surface area (Å²) in [5, 5.41) is 15.7. The third-order valence-corrected chi connectivity index (χ3v) is 6.11. The number of nitrogens with one attached hydrogen (secondary N) is 3. The maximum absolute atomic E-state index is 12.7. The number of aryl methyl sites for hydroxylation is 1. The van der Waals surface area contributed by atoms with E-state index in [1.165, 1.54) is 4.80 Å². The van der Waals surface area contributed by atoms with E-state index < -0.39 is 11.9 Å². The molecule has 2 aromatic carbocycles. The summed E-state index contributed by atoms with van der Waals surface area (Å²) in [4.78, 5) is 52.2. The first-order valence-corrected chi connectivity index (χ1v) is 11.1. The quantitative estimate of drug-likeness (QED) is 0.489. The molecule has 1 atom stereocenters. The number of anilines is 1. The maximum Gasteiger partial charge on any atom is 0.326 e. The Kier molecular flexibility index (Phi) is 5.83. The van der Waals surface area contributed by atoms with Crippen LogP contribution in [-0.4, -0.2) is 49.7 Å². The highest BCUT2D eigenvalue weighted by atomic mass is 16.2. The Balaban J connectivity index is 1.21. The Labute approximate surface area is 200 Å². The third-order valence-electron chi connectivity index (χ3n) is 6.11. The van der Waals surface area contributed by atoms with E-state index in [9.17, 15) is 19.2 Å². The van der Waals surface area contributed by atoms with Gasteiger partial charge in [0, 0.05) is 43.4 Å². The predicted octanol–water partition coefficient (Wildman–Crippen LogP) is 1.56. The van der Waals surface area contributed by atoms with Crippen LogP contribution in [0.4, 0.5) is 10.5 Å². The summed E-state index contributed by atoms with van der Waals surface area (Å²) in [5.41, 5.74) is 4.22. The van der Waals surface area contributed by atoms with Crippen LogP contribution in [0.1, 0.15) is 34.3 Å². The number of aromatic nitrogens is 3. The van der Waals surface area contributed by atoms with Gasteiger partial charge in [-0.2, -0.15) is 15.0 Å². The second kappa shape index (κ2) is 9.11. The molecule has 3 N–H and O–H groups in total. The van der Waals surface area contributed by atoms with Crippen LogP contribution in [0.2, 0.25) is 0 Å². The molecule has 1 saturated heterocycles. The minimum Gasteiger partial charge on any atom is -0.308 e. The number of piperidine rings is 1. The van der Waals surface area contributed by atoms with Gasteiger partial charge in [-0.05, 0) is 41.8 Å². The molecule has 11 heteroatoms. The normalized spacial score (nSPS) is 17.6. The first-order valence-electron chi connectivity index (χ1n) is 11.1. The van der Waals surface area contributed by atoms with Crippen molar-refractivity contribution in [1.29, 1.82) is 0 Å². The van der Waals surface area contributed by atoms with Gasteiger partial charge in [0.15, 0.2) is 0 Å². The van der Waals surface area contributed by atoms with Gasteiger partial charge in [-0.15, -0.1) is 0 Å². The molecule has 11 nitrogen and oxygen atoms in total. The second-order valence-corrected chi connectivity index (χ2v) is 8.56. The summed E-state index contributed by atoms with van der Waals surface area (Å²) >= 11 is 0. The molecule has 3 heterocycles. The molecule has 0 radical (unpaired) electrons. The number of rotatable bonds is 4. The Morgan fingerprint density at radius 1 is 1.09 bits per heavy atom. The van der Waals surface area contributed by atoms with Crippen molar-refractivity contribution < 1.29 is 19.2 Å². The molecule has 1 aromatic heterocycles. The Bertz CT molecular complexity index is 1350. The van der Waals surface area contributed by atoms with E-state index in [4.69, 9.17) is 0 Å². The molecule has 178 valence electrons. The van der Waals surface area contributed by atoms with E-state index in [-0.39, 0.29) is 17.9 Å². The summed E-state index contributed by atoms with van der Waals surface area (Å²) in [5.74, 6) is -1.07. The Morgan fingerprint density at radius 2 is 1.91 bits per heavy atom. The molecule has 35 heavy (non-hydrogen) atoms. The van der Waals surface area contributed by atoms with Gasteiger partial charge in [0.1, 0.15) is 5.69 Å². The molecule has 3 aromatic rings. The van der Waals surface area contributed by atoms with Gasteiger partial charge < -0.3 is 5.32 Å². The first-order chi connectivity index (χ1) is 16.9. The fourth-order valence-corrected chi connectivity index (χ4v) is 4.38. The number of amides is 5. The number of imide groups is 2. The van der Waals surface area contributed by atoms with E-state index in [1.54, 1.807) is 43.6 Å². The van der Waals surface area contributed by atoms with E-state index in [0.717, 1.165) is 16.7 Å².